The molecule has 0 radical (unpaired) electrons. The molecular formula is C22H29ClN2O5S. The number of nitrogens with zero attached hydrogens (tertiary/aromatic N) is 1. The molecule has 31 heavy (non-hydrogen) atoms. The van der Waals surface area contributed by atoms with Gasteiger partial charge < -0.3 is 14.8 Å². The quantitative estimate of drug-likeness (QED) is 0.563. The topological polar surface area (TPSA) is 84.9 Å². The van der Waals surface area contributed by atoms with E-state index < -0.39 is 10.0 Å². The van der Waals surface area contributed by atoms with Gasteiger partial charge in [0.2, 0.25) is 10.0 Å². The van der Waals surface area contributed by atoms with E-state index in [1.54, 1.807) is 24.3 Å². The number of methoxy groups -OCH3 is 2. The van der Waals surface area contributed by atoms with Crippen LogP contribution in [0, 0.1) is 0 Å². The van der Waals surface area contributed by atoms with E-state index in [1.165, 1.54) is 30.7 Å². The van der Waals surface area contributed by atoms with Crippen molar-refractivity contribution in [1.29, 1.82) is 0 Å². The summed E-state index contributed by atoms with van der Waals surface area (Å²) in [6, 6.07) is 9.80. The van der Waals surface area contributed by atoms with Gasteiger partial charge in [-0.1, -0.05) is 37.1 Å². The molecule has 1 amide bonds. The molecule has 0 saturated heterocycles. The zero-order chi connectivity index (χ0) is 23.2. The van der Waals surface area contributed by atoms with E-state index in [4.69, 9.17) is 21.1 Å². The van der Waals surface area contributed by atoms with Gasteiger partial charge in [-0.25, -0.2) is 8.42 Å². The van der Waals surface area contributed by atoms with Gasteiger partial charge in [0.15, 0.2) is 11.5 Å². The van der Waals surface area contributed by atoms with Crippen LogP contribution in [0.4, 0.5) is 5.69 Å². The van der Waals surface area contributed by atoms with Gasteiger partial charge in [-0.3, -0.25) is 9.10 Å². The van der Waals surface area contributed by atoms with Crippen LogP contribution in [0.5, 0.6) is 11.5 Å². The van der Waals surface area contributed by atoms with Crippen molar-refractivity contribution in [2.24, 2.45) is 0 Å². The second-order valence-corrected chi connectivity index (χ2v) is 9.63. The Morgan fingerprint density at radius 3 is 2.23 bits per heavy atom. The van der Waals surface area contributed by atoms with Crippen molar-refractivity contribution >= 4 is 33.2 Å². The highest BCUT2D eigenvalue weighted by atomic mass is 35.5. The van der Waals surface area contributed by atoms with E-state index in [9.17, 15) is 13.2 Å². The van der Waals surface area contributed by atoms with Crippen LogP contribution >= 0.6 is 11.6 Å². The monoisotopic (exact) mass is 468 g/mol. The second-order valence-electron chi connectivity index (χ2n) is 7.28. The number of carbonyl (C=O) groups is 1. The maximum Gasteiger partial charge on any atom is 0.253 e. The highest BCUT2D eigenvalue weighted by Crippen LogP contribution is 2.37. The zero-order valence-corrected chi connectivity index (χ0v) is 20.0. The normalized spacial score (nSPS) is 12.2. The molecule has 0 bridgehead atoms. The number of amides is 1. The van der Waals surface area contributed by atoms with Crippen molar-refractivity contribution < 1.29 is 22.7 Å². The van der Waals surface area contributed by atoms with Crippen LogP contribution in [0.2, 0.25) is 5.02 Å². The average molecular weight is 469 g/mol. The number of anilines is 1. The Balaban J connectivity index is 2.61. The summed E-state index contributed by atoms with van der Waals surface area (Å²) in [5.74, 6) is 0.265. The molecule has 0 aromatic heterocycles. The Bertz CT molecular complexity index is 1010. The smallest absolute Gasteiger partial charge is 0.253 e. The first-order valence-corrected chi connectivity index (χ1v) is 12.1. The summed E-state index contributed by atoms with van der Waals surface area (Å²) >= 11 is 5.95. The standard InChI is InChI=1S/C22H29ClN2O5S/c1-6-7-15(2)24-22(26)18-12-20(29-3)21(30-4)13-19(18)25(31(5,27)28)14-16-8-10-17(23)11-9-16/h8-13,15H,6-7,14H2,1-5H3,(H,24,26)/t15-/m1/s1. The van der Waals surface area contributed by atoms with Gasteiger partial charge in [0.05, 0.1) is 38.3 Å². The van der Waals surface area contributed by atoms with E-state index in [2.05, 4.69) is 5.32 Å². The molecule has 0 unspecified atom stereocenters. The maximum atomic E-state index is 13.1. The molecule has 2 aromatic carbocycles. The van der Waals surface area contributed by atoms with Gasteiger partial charge in [-0.15, -0.1) is 0 Å². The molecule has 0 spiro atoms. The van der Waals surface area contributed by atoms with E-state index in [-0.39, 0.29) is 29.7 Å². The number of carbonyl (C=O) groups excluding carboxylic acids is 1. The molecular weight excluding hydrogens is 440 g/mol. The number of nitrogens with one attached hydrogen (secondary N) is 1. The second kappa shape index (κ2) is 10.7. The Morgan fingerprint density at radius 1 is 1.13 bits per heavy atom. The molecule has 9 heteroatoms. The Hall–Kier alpha value is -2.45. The Morgan fingerprint density at radius 2 is 1.71 bits per heavy atom. The Labute approximate surface area is 189 Å². The minimum Gasteiger partial charge on any atom is -0.493 e. The van der Waals surface area contributed by atoms with Crippen molar-refractivity contribution in [3.8, 4) is 11.5 Å². The minimum atomic E-state index is -3.74. The molecule has 0 fully saturated rings. The first-order valence-electron chi connectivity index (χ1n) is 9.89. The SMILES string of the molecule is CCC[C@@H](C)NC(=O)c1cc(OC)c(OC)cc1N(Cc1ccc(Cl)cc1)S(C)(=O)=O. The predicted molar refractivity (Wildman–Crippen MR) is 124 cm³/mol. The number of hydrogen-bond donors (Lipinski definition) is 1. The molecule has 0 aliphatic carbocycles. The lowest BCUT2D eigenvalue weighted by Gasteiger charge is -2.26. The van der Waals surface area contributed by atoms with Crippen LogP contribution in [0.1, 0.15) is 42.6 Å². The number of ether oxygens (including phenoxy) is 2. The summed E-state index contributed by atoms with van der Waals surface area (Å²) in [6.45, 7) is 3.96. The van der Waals surface area contributed by atoms with Crippen molar-refractivity contribution in [2.75, 3.05) is 24.8 Å². The van der Waals surface area contributed by atoms with Gasteiger partial charge in [0.1, 0.15) is 0 Å². The number of rotatable bonds is 10. The molecule has 0 saturated carbocycles. The highest BCUT2D eigenvalue weighted by molar-refractivity contribution is 7.92. The largest absolute Gasteiger partial charge is 0.493 e. The Kier molecular flexibility index (Phi) is 8.59. The van der Waals surface area contributed by atoms with E-state index in [1.807, 2.05) is 13.8 Å². The lowest BCUT2D eigenvalue weighted by molar-refractivity contribution is 0.0938. The molecule has 2 aromatic rings. The number of halogens is 1. The fraction of sp³-hybridized carbons (Fsp3) is 0.409. The lowest BCUT2D eigenvalue weighted by Crippen LogP contribution is -2.35. The van der Waals surface area contributed by atoms with E-state index in [0.717, 1.165) is 24.7 Å². The molecule has 2 rings (SSSR count). The fourth-order valence-corrected chi connectivity index (χ4v) is 4.22. The summed E-state index contributed by atoms with van der Waals surface area (Å²) in [4.78, 5) is 13.1. The average Bonchev–Trinajstić information content (AvgIpc) is 2.71. The number of hydrogen-bond acceptors (Lipinski definition) is 5. The van der Waals surface area contributed by atoms with Crippen molar-refractivity contribution in [3.05, 3.63) is 52.5 Å². The van der Waals surface area contributed by atoms with Crippen LogP contribution < -0.4 is 19.1 Å². The summed E-state index contributed by atoms with van der Waals surface area (Å²) in [7, 11) is -0.829. The highest BCUT2D eigenvalue weighted by Gasteiger charge is 2.27. The van der Waals surface area contributed by atoms with Crippen molar-refractivity contribution in [1.82, 2.24) is 5.32 Å². The van der Waals surface area contributed by atoms with Crippen molar-refractivity contribution in [2.45, 2.75) is 39.3 Å². The third kappa shape index (κ3) is 6.51. The molecule has 0 heterocycles. The van der Waals surface area contributed by atoms with Crippen molar-refractivity contribution in [3.63, 3.8) is 0 Å². The van der Waals surface area contributed by atoms with E-state index in [0.29, 0.717) is 16.5 Å². The molecule has 1 N–H and O–H groups in total. The summed E-state index contributed by atoms with van der Waals surface area (Å²) < 4.78 is 37.4. The van der Waals surface area contributed by atoms with Crippen LogP contribution in [-0.2, 0) is 16.6 Å². The van der Waals surface area contributed by atoms with Gasteiger partial charge in [-0.2, -0.15) is 0 Å². The third-order valence-electron chi connectivity index (χ3n) is 4.75. The van der Waals surface area contributed by atoms with Gasteiger partial charge in [0, 0.05) is 17.1 Å². The van der Waals surface area contributed by atoms with Gasteiger partial charge >= 0.3 is 0 Å². The van der Waals surface area contributed by atoms with Crippen LogP contribution in [0.15, 0.2) is 36.4 Å². The van der Waals surface area contributed by atoms with Gasteiger partial charge in [0.25, 0.3) is 5.91 Å². The first-order chi connectivity index (χ1) is 14.6. The molecule has 0 aliphatic rings. The first kappa shape index (κ1) is 24.8. The number of sulfonamides is 1. The molecule has 1 atom stereocenters. The predicted octanol–water partition coefficient (Wildman–Crippen LogP) is 4.24. The summed E-state index contributed by atoms with van der Waals surface area (Å²) in [6.07, 6.45) is 2.81. The number of benzene rings is 2. The van der Waals surface area contributed by atoms with Crippen LogP contribution in [0.3, 0.4) is 0 Å². The summed E-state index contributed by atoms with van der Waals surface area (Å²) in [5, 5.41) is 3.48. The molecule has 7 nitrogen and oxygen atoms in total. The minimum absolute atomic E-state index is 0.0241. The maximum absolute atomic E-state index is 13.1. The van der Waals surface area contributed by atoms with Crippen LogP contribution in [0.25, 0.3) is 0 Å². The summed E-state index contributed by atoms with van der Waals surface area (Å²) in [5.41, 5.74) is 1.10. The lowest BCUT2D eigenvalue weighted by atomic mass is 10.1. The fourth-order valence-electron chi connectivity index (χ4n) is 3.20. The molecule has 0 aliphatic heterocycles. The zero-order valence-electron chi connectivity index (χ0n) is 18.4. The van der Waals surface area contributed by atoms with Gasteiger partial charge in [-0.05, 0) is 37.1 Å². The van der Waals surface area contributed by atoms with Crippen LogP contribution in [-0.4, -0.2) is 40.8 Å². The molecule has 170 valence electrons. The van der Waals surface area contributed by atoms with E-state index >= 15 is 0 Å². The third-order valence-corrected chi connectivity index (χ3v) is 6.13.